The summed E-state index contributed by atoms with van der Waals surface area (Å²) in [5.41, 5.74) is 0.365. The number of rotatable bonds is 3. The van der Waals surface area contributed by atoms with E-state index in [0.29, 0.717) is 10.9 Å². The van der Waals surface area contributed by atoms with Gasteiger partial charge in [0, 0.05) is 10.9 Å². The molecule has 0 radical (unpaired) electrons. The SMILES string of the molecule is C[C@H](O)c1ccc2ccccc2c1OC(F)F. The van der Waals surface area contributed by atoms with Crippen molar-refractivity contribution in [2.24, 2.45) is 0 Å². The Morgan fingerprint density at radius 2 is 1.82 bits per heavy atom. The zero-order chi connectivity index (χ0) is 12.4. The highest BCUT2D eigenvalue weighted by Gasteiger charge is 2.16. The Labute approximate surface area is 97.4 Å². The molecule has 0 aliphatic rings. The quantitative estimate of drug-likeness (QED) is 0.886. The Bertz CT molecular complexity index is 524. The van der Waals surface area contributed by atoms with Crippen LogP contribution in [0, 0.1) is 0 Å². The van der Waals surface area contributed by atoms with Gasteiger partial charge in [-0.15, -0.1) is 0 Å². The van der Waals surface area contributed by atoms with Crippen molar-refractivity contribution in [1.29, 1.82) is 0 Å². The molecule has 0 saturated heterocycles. The Kier molecular flexibility index (Phi) is 3.24. The van der Waals surface area contributed by atoms with E-state index < -0.39 is 12.7 Å². The molecule has 0 heterocycles. The molecule has 1 atom stereocenters. The third-order valence-corrected chi connectivity index (χ3v) is 2.57. The summed E-state index contributed by atoms with van der Waals surface area (Å²) in [6.07, 6.45) is -0.853. The van der Waals surface area contributed by atoms with E-state index in [1.54, 1.807) is 30.3 Å². The van der Waals surface area contributed by atoms with Crippen LogP contribution in [0.15, 0.2) is 36.4 Å². The fraction of sp³-hybridized carbons (Fsp3) is 0.231. The summed E-state index contributed by atoms with van der Waals surface area (Å²) in [5.74, 6) is 0.0492. The molecule has 2 aromatic carbocycles. The fourth-order valence-corrected chi connectivity index (χ4v) is 1.81. The summed E-state index contributed by atoms with van der Waals surface area (Å²) >= 11 is 0. The van der Waals surface area contributed by atoms with E-state index >= 15 is 0 Å². The molecule has 17 heavy (non-hydrogen) atoms. The number of benzene rings is 2. The average Bonchev–Trinajstić information content (AvgIpc) is 2.28. The fourth-order valence-electron chi connectivity index (χ4n) is 1.81. The second kappa shape index (κ2) is 4.67. The maximum Gasteiger partial charge on any atom is 0.387 e. The van der Waals surface area contributed by atoms with Crippen molar-refractivity contribution in [3.05, 3.63) is 42.0 Å². The minimum atomic E-state index is -2.90. The van der Waals surface area contributed by atoms with Gasteiger partial charge >= 0.3 is 6.61 Å². The monoisotopic (exact) mass is 238 g/mol. The van der Waals surface area contributed by atoms with Gasteiger partial charge in [-0.1, -0.05) is 36.4 Å². The number of alkyl halides is 2. The summed E-state index contributed by atoms with van der Waals surface area (Å²) in [4.78, 5) is 0. The first-order valence-electron chi connectivity index (χ1n) is 5.24. The molecule has 0 aromatic heterocycles. The number of hydrogen-bond acceptors (Lipinski definition) is 2. The standard InChI is InChI=1S/C13H12F2O2/c1-8(16)10-7-6-9-4-2-3-5-11(9)12(10)17-13(14)15/h2-8,13,16H,1H3/t8-/m0/s1. The van der Waals surface area contributed by atoms with Crippen LogP contribution in [-0.2, 0) is 0 Å². The number of ether oxygens (including phenoxy) is 1. The molecular weight excluding hydrogens is 226 g/mol. The highest BCUT2D eigenvalue weighted by atomic mass is 19.3. The van der Waals surface area contributed by atoms with E-state index in [1.807, 2.05) is 6.07 Å². The van der Waals surface area contributed by atoms with Gasteiger partial charge in [0.1, 0.15) is 5.75 Å². The lowest BCUT2D eigenvalue weighted by Crippen LogP contribution is -2.06. The highest BCUT2D eigenvalue weighted by Crippen LogP contribution is 2.34. The van der Waals surface area contributed by atoms with Gasteiger partial charge in [0.15, 0.2) is 0 Å². The molecule has 2 nitrogen and oxygen atoms in total. The van der Waals surface area contributed by atoms with Crippen LogP contribution in [0.1, 0.15) is 18.6 Å². The van der Waals surface area contributed by atoms with Crippen LogP contribution in [0.25, 0.3) is 10.8 Å². The van der Waals surface area contributed by atoms with Crippen LogP contribution in [0.3, 0.4) is 0 Å². The predicted octanol–water partition coefficient (Wildman–Crippen LogP) is 3.49. The lowest BCUT2D eigenvalue weighted by atomic mass is 10.0. The van der Waals surface area contributed by atoms with Crippen LogP contribution in [0.2, 0.25) is 0 Å². The molecule has 0 aliphatic heterocycles. The van der Waals surface area contributed by atoms with Crippen molar-refractivity contribution in [1.82, 2.24) is 0 Å². The minimum Gasteiger partial charge on any atom is -0.434 e. The molecule has 0 unspecified atom stereocenters. The van der Waals surface area contributed by atoms with Gasteiger partial charge in [0.05, 0.1) is 6.10 Å². The number of fused-ring (bicyclic) bond motifs is 1. The molecule has 1 N–H and O–H groups in total. The van der Waals surface area contributed by atoms with Crippen LogP contribution in [0.4, 0.5) is 8.78 Å². The summed E-state index contributed by atoms with van der Waals surface area (Å²) in [6.45, 7) is -1.39. The molecular formula is C13H12F2O2. The van der Waals surface area contributed by atoms with Crippen molar-refractivity contribution in [3.63, 3.8) is 0 Å². The topological polar surface area (TPSA) is 29.5 Å². The predicted molar refractivity (Wildman–Crippen MR) is 61.2 cm³/mol. The smallest absolute Gasteiger partial charge is 0.387 e. The highest BCUT2D eigenvalue weighted by molar-refractivity contribution is 5.89. The van der Waals surface area contributed by atoms with Crippen molar-refractivity contribution in [2.45, 2.75) is 19.6 Å². The summed E-state index contributed by atoms with van der Waals surface area (Å²) in [6, 6.07) is 10.4. The van der Waals surface area contributed by atoms with Crippen LogP contribution >= 0.6 is 0 Å². The summed E-state index contributed by atoms with van der Waals surface area (Å²) in [5, 5.41) is 10.9. The third-order valence-electron chi connectivity index (χ3n) is 2.57. The van der Waals surface area contributed by atoms with Crippen LogP contribution in [-0.4, -0.2) is 11.7 Å². The molecule has 4 heteroatoms. The zero-order valence-electron chi connectivity index (χ0n) is 9.23. The second-order valence-electron chi connectivity index (χ2n) is 3.76. The largest absolute Gasteiger partial charge is 0.434 e. The zero-order valence-corrected chi connectivity index (χ0v) is 9.23. The van der Waals surface area contributed by atoms with Crippen molar-refractivity contribution in [2.75, 3.05) is 0 Å². The van der Waals surface area contributed by atoms with E-state index in [4.69, 9.17) is 0 Å². The Morgan fingerprint density at radius 3 is 2.47 bits per heavy atom. The van der Waals surface area contributed by atoms with Gasteiger partial charge in [-0.05, 0) is 12.3 Å². The van der Waals surface area contributed by atoms with Crippen molar-refractivity contribution >= 4 is 10.8 Å². The van der Waals surface area contributed by atoms with Crippen molar-refractivity contribution < 1.29 is 18.6 Å². The van der Waals surface area contributed by atoms with Gasteiger partial charge in [-0.2, -0.15) is 8.78 Å². The number of hydrogen-bond donors (Lipinski definition) is 1. The minimum absolute atomic E-state index is 0.0492. The van der Waals surface area contributed by atoms with E-state index in [1.165, 1.54) is 6.92 Å². The van der Waals surface area contributed by atoms with Gasteiger partial charge in [-0.3, -0.25) is 0 Å². The molecule has 2 rings (SSSR count). The Hall–Kier alpha value is -1.68. The first kappa shape index (κ1) is 11.8. The van der Waals surface area contributed by atoms with E-state index in [0.717, 1.165) is 5.39 Å². The number of aliphatic hydroxyl groups is 1. The van der Waals surface area contributed by atoms with Gasteiger partial charge < -0.3 is 9.84 Å². The normalized spacial score (nSPS) is 13.0. The first-order chi connectivity index (χ1) is 8.09. The third kappa shape index (κ3) is 2.36. The van der Waals surface area contributed by atoms with Gasteiger partial charge in [0.25, 0.3) is 0 Å². The van der Waals surface area contributed by atoms with E-state index in [9.17, 15) is 13.9 Å². The molecule has 0 aliphatic carbocycles. The number of halogens is 2. The second-order valence-corrected chi connectivity index (χ2v) is 3.76. The first-order valence-corrected chi connectivity index (χ1v) is 5.24. The summed E-state index contributed by atoms with van der Waals surface area (Å²) < 4.78 is 29.3. The molecule has 0 fully saturated rings. The van der Waals surface area contributed by atoms with Crippen molar-refractivity contribution in [3.8, 4) is 5.75 Å². The average molecular weight is 238 g/mol. The Morgan fingerprint density at radius 1 is 1.12 bits per heavy atom. The maximum atomic E-state index is 12.4. The number of aliphatic hydroxyl groups excluding tert-OH is 1. The molecule has 90 valence electrons. The van der Waals surface area contributed by atoms with Crippen LogP contribution in [0.5, 0.6) is 5.75 Å². The van der Waals surface area contributed by atoms with E-state index in [-0.39, 0.29) is 5.75 Å². The lowest BCUT2D eigenvalue weighted by molar-refractivity contribution is -0.0503. The molecule has 0 amide bonds. The van der Waals surface area contributed by atoms with E-state index in [2.05, 4.69) is 4.74 Å². The van der Waals surface area contributed by atoms with Gasteiger partial charge in [-0.25, -0.2) is 0 Å². The molecule has 2 aromatic rings. The lowest BCUT2D eigenvalue weighted by Gasteiger charge is -2.15. The Balaban J connectivity index is 2.66. The van der Waals surface area contributed by atoms with Crippen LogP contribution < -0.4 is 4.74 Å². The molecule has 0 bridgehead atoms. The molecule has 0 spiro atoms. The maximum absolute atomic E-state index is 12.4. The van der Waals surface area contributed by atoms with Gasteiger partial charge in [0.2, 0.25) is 0 Å². The summed E-state index contributed by atoms with van der Waals surface area (Å²) in [7, 11) is 0. The molecule has 0 saturated carbocycles.